The molecule has 0 bridgehead atoms. The van der Waals surface area contributed by atoms with Crippen LogP contribution in [-0.4, -0.2) is 26.2 Å². The first kappa shape index (κ1) is 15.6. The predicted molar refractivity (Wildman–Crippen MR) is 86.1 cm³/mol. The van der Waals surface area contributed by atoms with Crippen LogP contribution in [0.1, 0.15) is 11.1 Å². The van der Waals surface area contributed by atoms with E-state index in [1.54, 1.807) is 18.2 Å². The second kappa shape index (κ2) is 6.86. The van der Waals surface area contributed by atoms with E-state index < -0.39 is 0 Å². The van der Waals surface area contributed by atoms with E-state index >= 15 is 0 Å². The van der Waals surface area contributed by atoms with Crippen molar-refractivity contribution in [3.63, 3.8) is 0 Å². The van der Waals surface area contributed by atoms with Crippen molar-refractivity contribution in [2.45, 2.75) is 13.5 Å². The number of hydrogen-bond donors (Lipinski definition) is 2. The Balaban J connectivity index is 1.65. The molecule has 2 N–H and O–H groups in total. The summed E-state index contributed by atoms with van der Waals surface area (Å²) in [6, 6.07) is 11.1. The van der Waals surface area contributed by atoms with Crippen molar-refractivity contribution in [3.8, 4) is 5.69 Å². The maximum absolute atomic E-state index is 12.9. The van der Waals surface area contributed by atoms with Gasteiger partial charge < -0.3 is 10.6 Å². The van der Waals surface area contributed by atoms with Gasteiger partial charge in [-0.3, -0.25) is 0 Å². The molecule has 0 saturated heterocycles. The molecule has 1 aromatic heterocycles. The Labute approximate surface area is 137 Å². The number of halogens is 1. The van der Waals surface area contributed by atoms with Crippen LogP contribution in [0, 0.1) is 12.7 Å². The molecule has 1 heterocycles. The minimum absolute atomic E-state index is 0.303. The van der Waals surface area contributed by atoms with Crippen LogP contribution >= 0.6 is 0 Å². The van der Waals surface area contributed by atoms with Crippen molar-refractivity contribution in [1.82, 2.24) is 25.5 Å². The van der Waals surface area contributed by atoms with Crippen LogP contribution in [0.15, 0.2) is 48.8 Å². The van der Waals surface area contributed by atoms with E-state index in [0.717, 1.165) is 16.8 Å². The van der Waals surface area contributed by atoms with Gasteiger partial charge in [-0.1, -0.05) is 18.2 Å². The molecule has 0 radical (unpaired) electrons. The first-order chi connectivity index (χ1) is 11.6. The lowest BCUT2D eigenvalue weighted by Gasteiger charge is -2.11. The molecule has 3 rings (SSSR count). The molecule has 0 spiro atoms. The zero-order valence-electron chi connectivity index (χ0n) is 12.9. The average Bonchev–Trinajstić information content (AvgIpc) is 3.11. The molecule has 8 heteroatoms. The number of hydrogen-bond acceptors (Lipinski definition) is 4. The molecule has 2 aromatic carbocycles. The molecule has 3 aromatic rings. The molecule has 2 amide bonds. The summed E-state index contributed by atoms with van der Waals surface area (Å²) in [6.07, 6.45) is 1.48. The number of carbonyl (C=O) groups is 1. The molecule has 0 fully saturated rings. The minimum atomic E-state index is -0.351. The van der Waals surface area contributed by atoms with E-state index in [2.05, 4.69) is 26.2 Å². The van der Waals surface area contributed by atoms with Gasteiger partial charge in [0.05, 0.1) is 5.69 Å². The zero-order valence-corrected chi connectivity index (χ0v) is 12.9. The second-order valence-corrected chi connectivity index (χ2v) is 5.19. The number of nitrogens with one attached hydrogen (secondary N) is 2. The summed E-state index contributed by atoms with van der Waals surface area (Å²) >= 11 is 0. The second-order valence-electron chi connectivity index (χ2n) is 5.19. The van der Waals surface area contributed by atoms with Crippen molar-refractivity contribution in [1.29, 1.82) is 0 Å². The van der Waals surface area contributed by atoms with Gasteiger partial charge in [0.2, 0.25) is 0 Å². The summed E-state index contributed by atoms with van der Waals surface area (Å²) in [5.41, 5.74) is 3.11. The van der Waals surface area contributed by atoms with Gasteiger partial charge in [-0.05, 0) is 52.7 Å². The predicted octanol–water partition coefficient (Wildman–Crippen LogP) is 2.43. The summed E-state index contributed by atoms with van der Waals surface area (Å²) in [6.45, 7) is 2.19. The Morgan fingerprint density at radius 2 is 2.00 bits per heavy atom. The van der Waals surface area contributed by atoms with Crippen molar-refractivity contribution < 1.29 is 9.18 Å². The van der Waals surface area contributed by atoms with Gasteiger partial charge in [0, 0.05) is 12.2 Å². The van der Waals surface area contributed by atoms with E-state index in [0.29, 0.717) is 12.2 Å². The number of rotatable bonds is 4. The highest BCUT2D eigenvalue weighted by atomic mass is 19.1. The minimum Gasteiger partial charge on any atom is -0.334 e. The van der Waals surface area contributed by atoms with Gasteiger partial charge in [0.15, 0.2) is 0 Å². The van der Waals surface area contributed by atoms with Crippen LogP contribution in [0.5, 0.6) is 0 Å². The fraction of sp³-hybridized carbons (Fsp3) is 0.125. The Kier molecular flexibility index (Phi) is 4.46. The van der Waals surface area contributed by atoms with E-state index in [4.69, 9.17) is 0 Å². The normalized spacial score (nSPS) is 10.4. The number of benzene rings is 2. The van der Waals surface area contributed by atoms with Gasteiger partial charge in [-0.25, -0.2) is 13.9 Å². The fourth-order valence-corrected chi connectivity index (χ4v) is 2.12. The molecule has 122 valence electrons. The van der Waals surface area contributed by atoms with Crippen molar-refractivity contribution >= 4 is 11.7 Å². The number of anilines is 1. The highest BCUT2D eigenvalue weighted by molar-refractivity contribution is 5.90. The highest BCUT2D eigenvalue weighted by Crippen LogP contribution is 2.18. The van der Waals surface area contributed by atoms with Crippen LogP contribution < -0.4 is 10.6 Å². The molecular weight excluding hydrogens is 311 g/mol. The summed E-state index contributed by atoms with van der Waals surface area (Å²) in [4.78, 5) is 12.1. The third-order valence-corrected chi connectivity index (χ3v) is 3.45. The molecule has 0 aliphatic rings. The average molecular weight is 326 g/mol. The summed E-state index contributed by atoms with van der Waals surface area (Å²) < 4.78 is 14.4. The number of carbonyl (C=O) groups excluding carboxylic acids is 1. The van der Waals surface area contributed by atoms with Gasteiger partial charge in [0.25, 0.3) is 0 Å². The molecule has 24 heavy (non-hydrogen) atoms. The number of nitrogens with zero attached hydrogens (tertiary/aromatic N) is 4. The smallest absolute Gasteiger partial charge is 0.319 e. The number of aryl methyl sites for hydroxylation is 1. The number of amides is 2. The van der Waals surface area contributed by atoms with Crippen LogP contribution in [0.3, 0.4) is 0 Å². The Morgan fingerprint density at radius 1 is 1.21 bits per heavy atom. The van der Waals surface area contributed by atoms with Crippen molar-refractivity contribution in [2.75, 3.05) is 5.32 Å². The molecule has 7 nitrogen and oxygen atoms in total. The number of tetrazole rings is 1. The first-order valence-electron chi connectivity index (χ1n) is 7.25. The topological polar surface area (TPSA) is 84.7 Å². The maximum Gasteiger partial charge on any atom is 0.319 e. The highest BCUT2D eigenvalue weighted by Gasteiger charge is 2.07. The van der Waals surface area contributed by atoms with E-state index in [1.807, 2.05) is 19.1 Å². The molecule has 0 aliphatic heterocycles. The van der Waals surface area contributed by atoms with Crippen molar-refractivity contribution in [3.05, 3.63) is 65.7 Å². The van der Waals surface area contributed by atoms with Crippen molar-refractivity contribution in [2.24, 2.45) is 0 Å². The third kappa shape index (κ3) is 3.72. The van der Waals surface area contributed by atoms with E-state index in [-0.39, 0.29) is 11.8 Å². The monoisotopic (exact) mass is 326 g/mol. The molecule has 0 saturated carbocycles. The Morgan fingerprint density at radius 3 is 2.71 bits per heavy atom. The Hall–Kier alpha value is -3.29. The van der Waals surface area contributed by atoms with Gasteiger partial charge in [-0.15, -0.1) is 5.10 Å². The molecular formula is C16H15FN6O. The largest absolute Gasteiger partial charge is 0.334 e. The number of urea groups is 1. The molecule has 0 unspecified atom stereocenters. The zero-order chi connectivity index (χ0) is 16.9. The first-order valence-corrected chi connectivity index (χ1v) is 7.25. The molecule has 0 atom stereocenters. The molecule has 0 aliphatic carbocycles. The maximum atomic E-state index is 12.9. The van der Waals surface area contributed by atoms with Gasteiger partial charge in [-0.2, -0.15) is 0 Å². The third-order valence-electron chi connectivity index (χ3n) is 3.45. The number of aromatic nitrogens is 4. The summed E-state index contributed by atoms with van der Waals surface area (Å²) in [5, 5.41) is 16.5. The van der Waals surface area contributed by atoms with Crippen LogP contribution in [0.4, 0.5) is 14.9 Å². The van der Waals surface area contributed by atoms with Crippen LogP contribution in [-0.2, 0) is 6.54 Å². The lowest BCUT2D eigenvalue weighted by atomic mass is 10.2. The lowest BCUT2D eigenvalue weighted by molar-refractivity contribution is 0.251. The SMILES string of the molecule is Cc1ccc(-n2cnnn2)cc1NC(=O)NCc1ccc(F)cc1. The lowest BCUT2D eigenvalue weighted by Crippen LogP contribution is -2.28. The standard InChI is InChI=1S/C16H15FN6O/c1-11-2-7-14(23-10-19-21-22-23)8-15(11)20-16(24)18-9-12-3-5-13(17)6-4-12/h2-8,10H,9H2,1H3,(H2,18,20,24). The Bertz CT molecular complexity index is 832. The van der Waals surface area contributed by atoms with Gasteiger partial charge >= 0.3 is 6.03 Å². The van der Waals surface area contributed by atoms with E-state index in [1.165, 1.54) is 23.1 Å². The van der Waals surface area contributed by atoms with Gasteiger partial charge in [0.1, 0.15) is 12.1 Å². The summed E-state index contributed by atoms with van der Waals surface area (Å²) in [7, 11) is 0. The quantitative estimate of drug-likeness (QED) is 0.771. The van der Waals surface area contributed by atoms with Crippen LogP contribution in [0.2, 0.25) is 0 Å². The van der Waals surface area contributed by atoms with Crippen LogP contribution in [0.25, 0.3) is 5.69 Å². The fourth-order valence-electron chi connectivity index (χ4n) is 2.12. The summed E-state index contributed by atoms with van der Waals surface area (Å²) in [5.74, 6) is -0.307. The van der Waals surface area contributed by atoms with E-state index in [9.17, 15) is 9.18 Å².